The van der Waals surface area contributed by atoms with E-state index in [1.54, 1.807) is 0 Å². The molecule has 6 aromatic heterocycles. The van der Waals surface area contributed by atoms with Crippen LogP contribution in [0.1, 0.15) is 0 Å². The molecular formula is C102H62N10O2. The van der Waals surface area contributed by atoms with Crippen LogP contribution >= 0.6 is 0 Å². The van der Waals surface area contributed by atoms with E-state index in [-0.39, 0.29) is 0 Å². The van der Waals surface area contributed by atoms with E-state index in [0.717, 1.165) is 171 Å². The van der Waals surface area contributed by atoms with Gasteiger partial charge in [0.2, 0.25) is 5.71 Å². The average molecular weight is 1460 g/mol. The molecule has 0 aliphatic carbocycles. The summed E-state index contributed by atoms with van der Waals surface area (Å²) in [6.45, 7) is 0. The Morgan fingerprint density at radius 2 is 0.518 bits per heavy atom. The fraction of sp³-hybridized carbons (Fsp3) is 0. The van der Waals surface area contributed by atoms with Crippen molar-refractivity contribution in [3.8, 4) is 135 Å². The smallest absolute Gasteiger partial charge is 0.246 e. The van der Waals surface area contributed by atoms with Crippen molar-refractivity contribution in [2.75, 3.05) is 0 Å². The third kappa shape index (κ3) is 12.7. The van der Waals surface area contributed by atoms with E-state index in [4.69, 9.17) is 58.7 Å². The predicted molar refractivity (Wildman–Crippen MR) is 461 cm³/mol. The molecule has 0 aliphatic rings. The zero-order valence-electron chi connectivity index (χ0n) is 61.1. The van der Waals surface area contributed by atoms with Crippen LogP contribution in [0.25, 0.3) is 223 Å². The van der Waals surface area contributed by atoms with E-state index in [2.05, 4.69) is 243 Å². The van der Waals surface area contributed by atoms with Gasteiger partial charge >= 0.3 is 0 Å². The van der Waals surface area contributed by atoms with Gasteiger partial charge in [-0.15, -0.1) is 0 Å². The average Bonchev–Trinajstić information content (AvgIpc) is 1.55. The second kappa shape index (κ2) is 28.4. The highest BCUT2D eigenvalue weighted by Crippen LogP contribution is 2.40. The van der Waals surface area contributed by atoms with Crippen LogP contribution in [0, 0.1) is 0 Å². The van der Waals surface area contributed by atoms with Crippen LogP contribution in [-0.2, 0) is 0 Å². The van der Waals surface area contributed by atoms with E-state index in [9.17, 15) is 0 Å². The van der Waals surface area contributed by atoms with Gasteiger partial charge in [0.15, 0.2) is 40.5 Å². The summed E-state index contributed by atoms with van der Waals surface area (Å²) < 4.78 is 12.5. The normalized spacial score (nSPS) is 11.5. The third-order valence-corrected chi connectivity index (χ3v) is 21.0. The Labute approximate surface area is 653 Å². The van der Waals surface area contributed by atoms with Crippen molar-refractivity contribution < 1.29 is 8.83 Å². The van der Waals surface area contributed by atoms with Gasteiger partial charge in [-0.05, 0) is 156 Å². The van der Waals surface area contributed by atoms with Crippen molar-refractivity contribution in [1.82, 2.24) is 49.8 Å². The SMILES string of the molecule is c1ccc(-c2ccc(-c3nc(-c4ccccc4)nc(-c4cccc(-c5cccc(-c6ccc7c(ccc8oc9nc%10ccccc%10nc9c87)c6)c5)c4)n3)cc2)cc1.c1ccc(-c2ccc(-c3nc(-c4ccccc4)nc(-c4cccc(-c5cccc(-c6ccc7nc8ccc9c%10ccccc%10oc9c8nc7c6)c5)c4)n3)cc2)cc1. The van der Waals surface area contributed by atoms with Crippen LogP contribution < -0.4 is 0 Å². The zero-order chi connectivity index (χ0) is 75.4. The molecule has 12 heteroatoms. The van der Waals surface area contributed by atoms with Gasteiger partial charge in [0.05, 0.1) is 33.0 Å². The van der Waals surface area contributed by atoms with Crippen LogP contribution in [0.4, 0.5) is 0 Å². The molecule has 114 heavy (non-hydrogen) atoms. The third-order valence-electron chi connectivity index (χ3n) is 21.0. The molecule has 0 saturated carbocycles. The van der Waals surface area contributed by atoms with Crippen molar-refractivity contribution in [1.29, 1.82) is 0 Å². The number of nitrogens with zero attached hydrogens (tertiary/aromatic N) is 10. The lowest BCUT2D eigenvalue weighted by atomic mass is 9.96. The number of aromatic nitrogens is 10. The van der Waals surface area contributed by atoms with Gasteiger partial charge in [0.1, 0.15) is 22.2 Å². The molecule has 0 bridgehead atoms. The lowest BCUT2D eigenvalue weighted by Gasteiger charge is -2.11. The van der Waals surface area contributed by atoms with Crippen LogP contribution in [-0.4, -0.2) is 49.8 Å². The van der Waals surface area contributed by atoms with Crippen molar-refractivity contribution in [2.24, 2.45) is 0 Å². The van der Waals surface area contributed by atoms with Crippen molar-refractivity contribution in [2.45, 2.75) is 0 Å². The highest BCUT2D eigenvalue weighted by Gasteiger charge is 2.21. The first-order valence-corrected chi connectivity index (χ1v) is 37.8. The number of fused-ring (bicyclic) bond motifs is 12. The van der Waals surface area contributed by atoms with E-state index in [1.807, 2.05) is 133 Å². The number of benzene rings is 16. The first-order valence-electron chi connectivity index (χ1n) is 37.8. The lowest BCUT2D eigenvalue weighted by molar-refractivity contribution is 0.655. The second-order valence-electron chi connectivity index (χ2n) is 28.2. The number of hydrogen-bond acceptors (Lipinski definition) is 12. The topological polar surface area (TPSA) is 155 Å². The van der Waals surface area contributed by atoms with Crippen molar-refractivity contribution in [3.63, 3.8) is 0 Å². The molecule has 532 valence electrons. The van der Waals surface area contributed by atoms with E-state index in [1.165, 1.54) is 11.1 Å². The standard InChI is InChI=1S/2C51H31N5O/c1-3-11-32(12-4-1)33-21-23-35(24-22-33)49-54-48(34-13-5-2-6-14-34)55-50(56-49)41-18-10-17-38(31-41)36-15-9-16-37(29-36)39-25-27-42-40(30-39)26-28-45-46(42)47-51(57-45)53-44-20-8-7-19-43(44)52-47;1-3-11-32(12-4-1)33-21-23-35(24-22-33)50-54-49(34-13-5-2-6-14-34)55-51(56-50)40-18-10-17-38(30-40)36-15-9-16-37(29-36)39-25-27-43-45(31-39)53-47-44(52-43)28-26-42-41-19-7-8-20-46(41)57-48(42)47/h2*1-31H. The summed E-state index contributed by atoms with van der Waals surface area (Å²) in [4.78, 5) is 49.8. The Balaban J connectivity index is 0.000000143. The first-order chi connectivity index (χ1) is 56.4. The van der Waals surface area contributed by atoms with Crippen LogP contribution in [0.3, 0.4) is 0 Å². The van der Waals surface area contributed by atoms with Gasteiger partial charge < -0.3 is 8.83 Å². The van der Waals surface area contributed by atoms with E-state index >= 15 is 0 Å². The molecule has 22 aromatic rings. The van der Waals surface area contributed by atoms with Crippen LogP contribution in [0.15, 0.2) is 385 Å². The molecule has 0 radical (unpaired) electrons. The first kappa shape index (κ1) is 66.5. The van der Waals surface area contributed by atoms with Gasteiger partial charge in [-0.3, -0.25) is 0 Å². The molecule has 0 saturated heterocycles. The molecule has 6 heterocycles. The fourth-order valence-corrected chi connectivity index (χ4v) is 15.3. The molecule has 16 aromatic carbocycles. The monoisotopic (exact) mass is 1460 g/mol. The molecule has 22 rings (SSSR count). The predicted octanol–water partition coefficient (Wildman–Crippen LogP) is 25.7. The number of rotatable bonds is 12. The van der Waals surface area contributed by atoms with Crippen molar-refractivity contribution >= 4 is 88.0 Å². The highest BCUT2D eigenvalue weighted by molar-refractivity contribution is 6.18. The van der Waals surface area contributed by atoms with Gasteiger partial charge in [0, 0.05) is 44.2 Å². The lowest BCUT2D eigenvalue weighted by Crippen LogP contribution is -2.00. The molecular weight excluding hydrogens is 1400 g/mol. The second-order valence-corrected chi connectivity index (χ2v) is 28.2. The zero-order valence-corrected chi connectivity index (χ0v) is 61.1. The van der Waals surface area contributed by atoms with Gasteiger partial charge in [-0.1, -0.05) is 297 Å². The minimum absolute atomic E-state index is 0.553. The van der Waals surface area contributed by atoms with Gasteiger partial charge in [-0.25, -0.2) is 49.8 Å². The highest BCUT2D eigenvalue weighted by atomic mass is 16.3. The molecule has 12 nitrogen and oxygen atoms in total. The summed E-state index contributed by atoms with van der Waals surface area (Å²) >= 11 is 0. The largest absolute Gasteiger partial charge is 0.454 e. The fourth-order valence-electron chi connectivity index (χ4n) is 15.3. The molecule has 0 amide bonds. The Bertz CT molecular complexity index is 7470. The van der Waals surface area contributed by atoms with E-state index < -0.39 is 0 Å². The molecule has 0 N–H and O–H groups in total. The Morgan fingerprint density at radius 1 is 0.167 bits per heavy atom. The molecule has 0 atom stereocenters. The number of hydrogen-bond donors (Lipinski definition) is 0. The van der Waals surface area contributed by atoms with Crippen LogP contribution in [0.2, 0.25) is 0 Å². The van der Waals surface area contributed by atoms with Crippen LogP contribution in [0.5, 0.6) is 0 Å². The van der Waals surface area contributed by atoms with Crippen molar-refractivity contribution in [3.05, 3.63) is 376 Å². The summed E-state index contributed by atoms with van der Waals surface area (Å²) in [6.07, 6.45) is 0. The summed E-state index contributed by atoms with van der Waals surface area (Å²) in [5, 5.41) is 5.30. The quantitative estimate of drug-likeness (QED) is 0.107. The minimum Gasteiger partial charge on any atom is -0.454 e. The number of furan rings is 2. The minimum atomic E-state index is 0.553. The number of para-hydroxylation sites is 3. The molecule has 0 fully saturated rings. The van der Waals surface area contributed by atoms with Gasteiger partial charge in [0.25, 0.3) is 0 Å². The summed E-state index contributed by atoms with van der Waals surface area (Å²) in [5.74, 6) is 3.75. The molecule has 0 aliphatic heterocycles. The maximum atomic E-state index is 6.30. The van der Waals surface area contributed by atoms with E-state index in [0.29, 0.717) is 40.7 Å². The maximum absolute atomic E-state index is 6.30. The Kier molecular flexibility index (Phi) is 16.6. The molecule has 0 unspecified atom stereocenters. The molecule has 0 spiro atoms. The Morgan fingerprint density at radius 3 is 1.04 bits per heavy atom. The summed E-state index contributed by atoms with van der Waals surface area (Å²) in [6, 6.07) is 129. The Hall–Kier alpha value is -15.7. The summed E-state index contributed by atoms with van der Waals surface area (Å²) in [5.41, 5.74) is 27.5. The summed E-state index contributed by atoms with van der Waals surface area (Å²) in [7, 11) is 0. The van der Waals surface area contributed by atoms with Gasteiger partial charge in [-0.2, -0.15) is 0 Å². The maximum Gasteiger partial charge on any atom is 0.246 e.